The highest BCUT2D eigenvalue weighted by molar-refractivity contribution is 14.0. The molecule has 0 saturated carbocycles. The highest BCUT2D eigenvalue weighted by Gasteiger charge is 2.15. The van der Waals surface area contributed by atoms with Crippen molar-refractivity contribution in [2.75, 3.05) is 40.5 Å². The molecule has 7 nitrogen and oxygen atoms in total. The molecule has 0 aliphatic carbocycles. The predicted octanol–water partition coefficient (Wildman–Crippen LogP) is 1.57. The van der Waals surface area contributed by atoms with Crippen LogP contribution < -0.4 is 15.4 Å². The third-order valence-electron chi connectivity index (χ3n) is 3.57. The smallest absolute Gasteiger partial charge is 0.218 e. The molecule has 136 valence electrons. The Balaban J connectivity index is 0.00000288. The molecule has 1 saturated heterocycles. The van der Waals surface area contributed by atoms with Crippen molar-refractivity contribution >= 4 is 29.9 Å². The molecule has 8 heteroatoms. The molecular formula is C16H27IN4O3. The van der Waals surface area contributed by atoms with Crippen LogP contribution in [0.4, 0.5) is 0 Å². The molecule has 1 atom stereocenters. The van der Waals surface area contributed by atoms with Crippen molar-refractivity contribution in [2.24, 2.45) is 4.99 Å². The number of hydrogen-bond donors (Lipinski definition) is 2. The molecule has 2 N–H and O–H groups in total. The Bertz CT molecular complexity index is 496. The Morgan fingerprint density at radius 1 is 1.42 bits per heavy atom. The lowest BCUT2D eigenvalue weighted by molar-refractivity contribution is 0.114. The molecule has 1 aromatic heterocycles. The summed E-state index contributed by atoms with van der Waals surface area (Å²) in [4.78, 5) is 8.49. The summed E-state index contributed by atoms with van der Waals surface area (Å²) in [6.07, 6.45) is 4.23. The van der Waals surface area contributed by atoms with E-state index in [0.29, 0.717) is 25.6 Å². The first-order valence-electron chi connectivity index (χ1n) is 7.95. The summed E-state index contributed by atoms with van der Waals surface area (Å²) >= 11 is 0. The average Bonchev–Trinajstić information content (AvgIpc) is 3.10. The first kappa shape index (κ1) is 20.9. The van der Waals surface area contributed by atoms with Gasteiger partial charge in [0.05, 0.1) is 12.7 Å². The van der Waals surface area contributed by atoms with Crippen LogP contribution >= 0.6 is 24.0 Å². The molecule has 0 aromatic carbocycles. The lowest BCUT2D eigenvalue weighted by Crippen LogP contribution is -2.40. The molecule has 0 radical (unpaired) electrons. The molecule has 1 unspecified atom stereocenters. The number of nitrogens with zero attached hydrogens (tertiary/aromatic N) is 2. The number of aliphatic imine (C=N–C) groups is 1. The number of ether oxygens (including phenoxy) is 3. The molecule has 1 aliphatic heterocycles. The molecule has 1 fully saturated rings. The van der Waals surface area contributed by atoms with E-state index >= 15 is 0 Å². The van der Waals surface area contributed by atoms with Gasteiger partial charge in [-0.25, -0.2) is 4.98 Å². The molecule has 1 aliphatic rings. The van der Waals surface area contributed by atoms with Gasteiger partial charge >= 0.3 is 0 Å². The fourth-order valence-corrected chi connectivity index (χ4v) is 2.33. The fourth-order valence-electron chi connectivity index (χ4n) is 2.33. The van der Waals surface area contributed by atoms with E-state index in [4.69, 9.17) is 14.2 Å². The van der Waals surface area contributed by atoms with Crippen molar-refractivity contribution in [1.29, 1.82) is 0 Å². The van der Waals surface area contributed by atoms with Crippen LogP contribution in [0.3, 0.4) is 0 Å². The van der Waals surface area contributed by atoms with Crippen molar-refractivity contribution in [1.82, 2.24) is 15.6 Å². The topological polar surface area (TPSA) is 77.0 Å². The van der Waals surface area contributed by atoms with Gasteiger partial charge in [0, 0.05) is 45.6 Å². The van der Waals surface area contributed by atoms with Gasteiger partial charge in [0.25, 0.3) is 0 Å². The quantitative estimate of drug-likeness (QED) is 0.271. The third kappa shape index (κ3) is 7.18. The molecule has 24 heavy (non-hydrogen) atoms. The van der Waals surface area contributed by atoms with Crippen LogP contribution in [0.15, 0.2) is 23.3 Å². The molecule has 0 bridgehead atoms. The van der Waals surface area contributed by atoms with Crippen LogP contribution in [-0.2, 0) is 16.0 Å². The number of nitrogens with one attached hydrogen (secondary N) is 2. The SMILES string of the molecule is CN=C(NCc1cccnc1OCCOC)NCC1CCCO1.I. The normalized spacial score (nSPS) is 17.2. The number of aromatic nitrogens is 1. The fraction of sp³-hybridized carbons (Fsp3) is 0.625. The van der Waals surface area contributed by atoms with Crippen LogP contribution in [0.1, 0.15) is 18.4 Å². The van der Waals surface area contributed by atoms with Crippen molar-refractivity contribution in [3.05, 3.63) is 23.9 Å². The van der Waals surface area contributed by atoms with Gasteiger partial charge in [-0.05, 0) is 18.9 Å². The second-order valence-electron chi connectivity index (χ2n) is 5.25. The first-order valence-corrected chi connectivity index (χ1v) is 7.95. The number of hydrogen-bond acceptors (Lipinski definition) is 5. The van der Waals surface area contributed by atoms with E-state index in [1.165, 1.54) is 0 Å². The Hall–Kier alpha value is -1.13. The number of guanidine groups is 1. The molecular weight excluding hydrogens is 423 g/mol. The molecule has 0 amide bonds. The highest BCUT2D eigenvalue weighted by atomic mass is 127. The second-order valence-corrected chi connectivity index (χ2v) is 5.25. The maximum Gasteiger partial charge on any atom is 0.218 e. The molecule has 0 spiro atoms. The highest BCUT2D eigenvalue weighted by Crippen LogP contribution is 2.14. The van der Waals surface area contributed by atoms with Crippen molar-refractivity contribution in [2.45, 2.75) is 25.5 Å². The number of halogens is 1. The standard InChI is InChI=1S/C16H26N4O3.HI/c1-17-16(20-12-14-6-4-8-22-14)19-11-13-5-3-7-18-15(13)23-10-9-21-2;/h3,5,7,14H,4,6,8-12H2,1-2H3,(H2,17,19,20);1H. The van der Waals surface area contributed by atoms with Crippen LogP contribution in [0.5, 0.6) is 5.88 Å². The van der Waals surface area contributed by atoms with E-state index in [9.17, 15) is 0 Å². The van der Waals surface area contributed by atoms with Gasteiger partial charge in [-0.1, -0.05) is 6.07 Å². The van der Waals surface area contributed by atoms with E-state index in [0.717, 1.165) is 37.5 Å². The van der Waals surface area contributed by atoms with Gasteiger partial charge in [0.1, 0.15) is 6.61 Å². The summed E-state index contributed by atoms with van der Waals surface area (Å²) in [5.74, 6) is 1.36. The van der Waals surface area contributed by atoms with Crippen LogP contribution in [0, 0.1) is 0 Å². The molecule has 1 aromatic rings. The van der Waals surface area contributed by atoms with Gasteiger partial charge in [-0.2, -0.15) is 0 Å². The van der Waals surface area contributed by atoms with Crippen LogP contribution in [0.2, 0.25) is 0 Å². The maximum absolute atomic E-state index is 5.63. The van der Waals surface area contributed by atoms with Crippen LogP contribution in [0.25, 0.3) is 0 Å². The van der Waals surface area contributed by atoms with Crippen molar-refractivity contribution in [3.8, 4) is 5.88 Å². The minimum atomic E-state index is 0. The number of pyridine rings is 1. The van der Waals surface area contributed by atoms with Gasteiger partial charge in [-0.15, -0.1) is 24.0 Å². The monoisotopic (exact) mass is 450 g/mol. The van der Waals surface area contributed by atoms with Gasteiger partial charge in [0.15, 0.2) is 5.96 Å². The van der Waals surface area contributed by atoms with Crippen LogP contribution in [-0.4, -0.2) is 57.6 Å². The lowest BCUT2D eigenvalue weighted by Gasteiger charge is -2.16. The Morgan fingerprint density at radius 3 is 3.00 bits per heavy atom. The first-order chi connectivity index (χ1) is 11.3. The average molecular weight is 450 g/mol. The van der Waals surface area contributed by atoms with Gasteiger partial charge < -0.3 is 24.8 Å². The minimum absolute atomic E-state index is 0. The van der Waals surface area contributed by atoms with Crippen molar-refractivity contribution in [3.63, 3.8) is 0 Å². The lowest BCUT2D eigenvalue weighted by atomic mass is 10.2. The van der Waals surface area contributed by atoms with E-state index < -0.39 is 0 Å². The van der Waals surface area contributed by atoms with Gasteiger partial charge in [-0.3, -0.25) is 4.99 Å². The number of rotatable bonds is 8. The predicted molar refractivity (Wildman–Crippen MR) is 104 cm³/mol. The summed E-state index contributed by atoms with van der Waals surface area (Å²) < 4.78 is 16.2. The van der Waals surface area contributed by atoms with E-state index in [1.807, 2.05) is 12.1 Å². The second kappa shape index (κ2) is 12.3. The Labute approximate surface area is 160 Å². The summed E-state index contributed by atoms with van der Waals surface area (Å²) in [5.41, 5.74) is 0.976. The minimum Gasteiger partial charge on any atom is -0.475 e. The maximum atomic E-state index is 5.63. The summed E-state index contributed by atoms with van der Waals surface area (Å²) in [6.45, 7) is 3.22. The largest absolute Gasteiger partial charge is 0.475 e. The molecule has 2 heterocycles. The zero-order valence-corrected chi connectivity index (χ0v) is 16.6. The zero-order valence-electron chi connectivity index (χ0n) is 14.3. The Kier molecular flexibility index (Phi) is 10.7. The van der Waals surface area contributed by atoms with Crippen molar-refractivity contribution < 1.29 is 14.2 Å². The summed E-state index contributed by atoms with van der Waals surface area (Å²) in [5, 5.41) is 6.56. The summed E-state index contributed by atoms with van der Waals surface area (Å²) in [6, 6.07) is 3.87. The third-order valence-corrected chi connectivity index (χ3v) is 3.57. The molecule has 2 rings (SSSR count). The zero-order chi connectivity index (χ0) is 16.3. The number of methoxy groups -OCH3 is 1. The van der Waals surface area contributed by atoms with Gasteiger partial charge in [0.2, 0.25) is 5.88 Å². The van der Waals surface area contributed by atoms with E-state index in [-0.39, 0.29) is 30.1 Å². The van der Waals surface area contributed by atoms with E-state index in [1.54, 1.807) is 20.4 Å². The van der Waals surface area contributed by atoms with E-state index in [2.05, 4.69) is 20.6 Å². The summed E-state index contributed by atoms with van der Waals surface area (Å²) in [7, 11) is 3.40. The Morgan fingerprint density at radius 2 is 2.29 bits per heavy atom.